The predicted molar refractivity (Wildman–Crippen MR) is 144 cm³/mol. The molecule has 2 fully saturated rings. The highest BCUT2D eigenvalue weighted by molar-refractivity contribution is 5.61. The fraction of sp³-hybridized carbons (Fsp3) is 0.562. The number of alkyl halides is 5. The molecular weight excluding hydrogens is 587 g/mol. The monoisotopic (exact) mass is 622 g/mol. The largest absolute Gasteiger partial charge is 0.573 e. The van der Waals surface area contributed by atoms with Crippen molar-refractivity contribution in [3.05, 3.63) is 65.0 Å². The summed E-state index contributed by atoms with van der Waals surface area (Å²) in [6, 6.07) is 7.47. The van der Waals surface area contributed by atoms with Gasteiger partial charge in [0.15, 0.2) is 17.5 Å². The first-order valence-electron chi connectivity index (χ1n) is 14.7. The Morgan fingerprint density at radius 3 is 1.74 bits per heavy atom. The van der Waals surface area contributed by atoms with Gasteiger partial charge in [0.1, 0.15) is 11.6 Å². The molecule has 0 amide bonds. The van der Waals surface area contributed by atoms with Gasteiger partial charge in [0.05, 0.1) is 5.92 Å². The summed E-state index contributed by atoms with van der Waals surface area (Å²) in [6.45, 7) is 1.56. The Bertz CT molecular complexity index is 1220. The van der Waals surface area contributed by atoms with Gasteiger partial charge in [0, 0.05) is 17.7 Å². The Kier molecular flexibility index (Phi) is 10.6. The normalized spacial score (nSPS) is 24.0. The van der Waals surface area contributed by atoms with Gasteiger partial charge in [0.25, 0.3) is 0 Å². The van der Waals surface area contributed by atoms with E-state index in [1.807, 2.05) is 12.1 Å². The number of allylic oxidation sites excluding steroid dienone is 1. The molecule has 0 atom stereocenters. The van der Waals surface area contributed by atoms with E-state index in [4.69, 9.17) is 0 Å². The van der Waals surface area contributed by atoms with Crippen molar-refractivity contribution in [3.8, 4) is 11.5 Å². The minimum atomic E-state index is -5.35. The van der Waals surface area contributed by atoms with Gasteiger partial charge in [-0.1, -0.05) is 44.0 Å². The van der Waals surface area contributed by atoms with Crippen LogP contribution >= 0.6 is 0 Å². The van der Waals surface area contributed by atoms with Crippen LogP contribution in [0.5, 0.6) is 11.5 Å². The Morgan fingerprint density at radius 2 is 1.26 bits per heavy atom. The molecule has 0 heterocycles. The van der Waals surface area contributed by atoms with Gasteiger partial charge < -0.3 is 9.47 Å². The third kappa shape index (κ3) is 8.85. The lowest BCUT2D eigenvalue weighted by atomic mass is 9.74. The fourth-order valence-corrected chi connectivity index (χ4v) is 6.31. The van der Waals surface area contributed by atoms with Crippen LogP contribution in [0.4, 0.5) is 39.5 Å². The Labute approximate surface area is 245 Å². The second-order valence-corrected chi connectivity index (χ2v) is 11.6. The molecule has 2 nitrogen and oxygen atoms in total. The summed E-state index contributed by atoms with van der Waals surface area (Å²) in [7, 11) is 0. The smallest absolute Gasteiger partial charge is 0.432 e. The van der Waals surface area contributed by atoms with Gasteiger partial charge in [-0.2, -0.15) is 8.78 Å². The van der Waals surface area contributed by atoms with E-state index in [9.17, 15) is 39.5 Å². The van der Waals surface area contributed by atoms with Crippen LogP contribution in [0.1, 0.15) is 94.6 Å². The van der Waals surface area contributed by atoms with Crippen molar-refractivity contribution in [2.45, 2.75) is 95.9 Å². The maximum absolute atomic E-state index is 14.8. The molecule has 4 rings (SSSR count). The number of benzene rings is 2. The van der Waals surface area contributed by atoms with E-state index in [0.29, 0.717) is 24.7 Å². The summed E-state index contributed by atoms with van der Waals surface area (Å²) < 4.78 is 130. The maximum atomic E-state index is 14.8. The number of hydrogen-bond donors (Lipinski definition) is 0. The molecule has 0 unspecified atom stereocenters. The SMILES string of the molecule is CC/C(F)=C(\F)c1ccc(C2CCC(CCC3CCC(C(F)(F)Oc4cc(F)c(OC(F)(F)F)c(F)c4)CC3)CC2)cc1. The lowest BCUT2D eigenvalue weighted by Gasteiger charge is -2.34. The van der Waals surface area contributed by atoms with Crippen LogP contribution < -0.4 is 9.47 Å². The van der Waals surface area contributed by atoms with Gasteiger partial charge in [-0.15, -0.1) is 13.2 Å². The zero-order valence-corrected chi connectivity index (χ0v) is 23.8. The molecule has 0 saturated heterocycles. The second kappa shape index (κ2) is 13.8. The van der Waals surface area contributed by atoms with E-state index >= 15 is 0 Å². The quantitative estimate of drug-likeness (QED) is 0.246. The van der Waals surface area contributed by atoms with E-state index in [1.54, 1.807) is 19.1 Å². The summed E-state index contributed by atoms with van der Waals surface area (Å²) in [6.07, 6.45) is -1.73. The number of hydrogen-bond acceptors (Lipinski definition) is 2. The van der Waals surface area contributed by atoms with Crippen molar-refractivity contribution in [3.63, 3.8) is 0 Å². The van der Waals surface area contributed by atoms with E-state index in [-0.39, 0.29) is 42.9 Å². The first kappa shape index (κ1) is 33.1. The molecular formula is C32H35F9O2. The molecule has 43 heavy (non-hydrogen) atoms. The van der Waals surface area contributed by atoms with Crippen molar-refractivity contribution < 1.29 is 49.0 Å². The van der Waals surface area contributed by atoms with Gasteiger partial charge in [-0.3, -0.25) is 0 Å². The highest BCUT2D eigenvalue weighted by Crippen LogP contribution is 2.44. The molecule has 2 aromatic rings. The summed E-state index contributed by atoms with van der Waals surface area (Å²) in [5, 5.41) is 0. The molecule has 0 N–H and O–H groups in total. The molecule has 0 aromatic heterocycles. The van der Waals surface area contributed by atoms with E-state index < -0.39 is 53.2 Å². The Morgan fingerprint density at radius 1 is 0.744 bits per heavy atom. The van der Waals surface area contributed by atoms with Crippen molar-refractivity contribution in [2.75, 3.05) is 0 Å². The minimum absolute atomic E-state index is 0.00919. The molecule has 2 saturated carbocycles. The van der Waals surface area contributed by atoms with Gasteiger partial charge in [-0.25, -0.2) is 17.6 Å². The first-order valence-corrected chi connectivity index (χ1v) is 14.7. The van der Waals surface area contributed by atoms with Crippen LogP contribution in [0.25, 0.3) is 5.83 Å². The van der Waals surface area contributed by atoms with Crippen LogP contribution in [0.2, 0.25) is 0 Å². The fourth-order valence-electron chi connectivity index (χ4n) is 6.31. The van der Waals surface area contributed by atoms with Crippen molar-refractivity contribution in [1.82, 2.24) is 0 Å². The van der Waals surface area contributed by atoms with Crippen molar-refractivity contribution >= 4 is 5.83 Å². The van der Waals surface area contributed by atoms with Crippen molar-refractivity contribution in [1.29, 1.82) is 0 Å². The highest BCUT2D eigenvalue weighted by Gasteiger charge is 2.44. The summed E-state index contributed by atoms with van der Waals surface area (Å²) in [4.78, 5) is 0. The van der Waals surface area contributed by atoms with Crippen LogP contribution in [0, 0.1) is 29.4 Å². The zero-order chi connectivity index (χ0) is 31.4. The molecule has 0 spiro atoms. The average molecular weight is 623 g/mol. The minimum Gasteiger partial charge on any atom is -0.432 e. The zero-order valence-electron chi connectivity index (χ0n) is 23.8. The molecule has 0 radical (unpaired) electrons. The van der Waals surface area contributed by atoms with E-state index in [2.05, 4.69) is 9.47 Å². The van der Waals surface area contributed by atoms with Crippen molar-refractivity contribution in [2.24, 2.45) is 17.8 Å². The molecule has 0 bridgehead atoms. The third-order valence-corrected chi connectivity index (χ3v) is 8.78. The lowest BCUT2D eigenvalue weighted by molar-refractivity contribution is -0.276. The average Bonchev–Trinajstić information content (AvgIpc) is 2.97. The van der Waals surface area contributed by atoms with Crippen LogP contribution in [-0.2, 0) is 0 Å². The highest BCUT2D eigenvalue weighted by atomic mass is 19.4. The summed E-state index contributed by atoms with van der Waals surface area (Å²) in [5.74, 6) is -7.85. The van der Waals surface area contributed by atoms with Gasteiger partial charge in [0.2, 0.25) is 5.75 Å². The predicted octanol–water partition coefficient (Wildman–Crippen LogP) is 11.4. The first-order chi connectivity index (χ1) is 20.3. The van der Waals surface area contributed by atoms with Gasteiger partial charge >= 0.3 is 12.5 Å². The standard InChI is InChI=1S/C32H35F9O2/c1-2-26(33)29(36)23-13-11-22(12-14-23)21-9-5-19(6-10-21)3-4-20-7-15-24(16-8-20)31(37,38)42-25-17-27(34)30(28(35)18-25)43-32(39,40)41/h11-14,17-21,24H,2-10,15-16H2,1H3/b29-26+. The second-order valence-electron chi connectivity index (χ2n) is 11.6. The van der Waals surface area contributed by atoms with Crippen LogP contribution in [0.3, 0.4) is 0 Å². The lowest BCUT2D eigenvalue weighted by Crippen LogP contribution is -2.37. The molecule has 238 valence electrons. The van der Waals surface area contributed by atoms with Gasteiger partial charge in [-0.05, 0) is 81.1 Å². The van der Waals surface area contributed by atoms with Crippen LogP contribution in [0.15, 0.2) is 42.2 Å². The Balaban J connectivity index is 1.20. The molecule has 2 aliphatic rings. The van der Waals surface area contributed by atoms with E-state index in [0.717, 1.165) is 44.1 Å². The number of rotatable bonds is 10. The maximum Gasteiger partial charge on any atom is 0.573 e. The van der Waals surface area contributed by atoms with E-state index in [1.165, 1.54) is 0 Å². The Hall–Kier alpha value is -2.85. The molecule has 11 heteroatoms. The van der Waals surface area contributed by atoms with Crippen LogP contribution in [-0.4, -0.2) is 12.5 Å². The molecule has 2 aromatic carbocycles. The number of ether oxygens (including phenoxy) is 2. The topological polar surface area (TPSA) is 18.5 Å². The number of halogens is 9. The summed E-state index contributed by atoms with van der Waals surface area (Å²) >= 11 is 0. The summed E-state index contributed by atoms with van der Waals surface area (Å²) in [5.41, 5.74) is 1.36. The molecule has 0 aliphatic heterocycles. The molecule has 2 aliphatic carbocycles. The third-order valence-electron chi connectivity index (χ3n) is 8.78.